The van der Waals surface area contributed by atoms with Gasteiger partial charge >= 0.3 is 0 Å². The maximum Gasteiger partial charge on any atom is 0.00923 e. The monoisotopic (exact) mass is 226 g/mol. The SMILES string of the molecule is CCCNCC(C)CN(C)C1CCCCC1. The zero-order valence-electron chi connectivity index (χ0n) is 11.5. The summed E-state index contributed by atoms with van der Waals surface area (Å²) in [5.74, 6) is 0.776. The lowest BCUT2D eigenvalue weighted by molar-refractivity contribution is 0.169. The second-order valence-electron chi connectivity index (χ2n) is 5.54. The van der Waals surface area contributed by atoms with Crippen molar-refractivity contribution in [1.82, 2.24) is 10.2 Å². The second-order valence-corrected chi connectivity index (χ2v) is 5.54. The molecule has 2 heteroatoms. The molecule has 1 N–H and O–H groups in total. The molecule has 16 heavy (non-hydrogen) atoms. The highest BCUT2D eigenvalue weighted by atomic mass is 15.1. The van der Waals surface area contributed by atoms with Crippen LogP contribution in [-0.2, 0) is 0 Å². The first kappa shape index (κ1) is 14.0. The van der Waals surface area contributed by atoms with Crippen LogP contribution in [-0.4, -0.2) is 37.6 Å². The largest absolute Gasteiger partial charge is 0.316 e. The fourth-order valence-electron chi connectivity index (χ4n) is 2.75. The molecule has 1 aliphatic rings. The van der Waals surface area contributed by atoms with Crippen molar-refractivity contribution in [3.05, 3.63) is 0 Å². The van der Waals surface area contributed by atoms with Gasteiger partial charge in [-0.2, -0.15) is 0 Å². The second kappa shape index (κ2) is 8.08. The van der Waals surface area contributed by atoms with Gasteiger partial charge in [0.2, 0.25) is 0 Å². The minimum Gasteiger partial charge on any atom is -0.316 e. The first-order valence-corrected chi connectivity index (χ1v) is 7.15. The quantitative estimate of drug-likeness (QED) is 0.672. The van der Waals surface area contributed by atoms with Crippen molar-refractivity contribution >= 4 is 0 Å². The number of hydrogen-bond acceptors (Lipinski definition) is 2. The Morgan fingerprint density at radius 3 is 2.56 bits per heavy atom. The van der Waals surface area contributed by atoms with Crippen LogP contribution in [0.4, 0.5) is 0 Å². The Balaban J connectivity index is 2.13. The third-order valence-electron chi connectivity index (χ3n) is 3.72. The minimum absolute atomic E-state index is 0.776. The van der Waals surface area contributed by atoms with Gasteiger partial charge in [0.15, 0.2) is 0 Å². The molecule has 0 bridgehead atoms. The topological polar surface area (TPSA) is 15.3 Å². The third-order valence-corrected chi connectivity index (χ3v) is 3.72. The maximum absolute atomic E-state index is 3.52. The zero-order chi connectivity index (χ0) is 11.8. The maximum atomic E-state index is 3.52. The van der Waals surface area contributed by atoms with Gasteiger partial charge in [-0.05, 0) is 45.3 Å². The summed E-state index contributed by atoms with van der Waals surface area (Å²) in [5.41, 5.74) is 0. The van der Waals surface area contributed by atoms with Gasteiger partial charge < -0.3 is 10.2 Å². The molecule has 0 spiro atoms. The van der Waals surface area contributed by atoms with Gasteiger partial charge in [-0.1, -0.05) is 33.1 Å². The smallest absolute Gasteiger partial charge is 0.00923 e. The average Bonchev–Trinajstić information content (AvgIpc) is 2.30. The number of hydrogen-bond donors (Lipinski definition) is 1. The number of nitrogens with zero attached hydrogens (tertiary/aromatic N) is 1. The lowest BCUT2D eigenvalue weighted by Gasteiger charge is -2.33. The Labute approximate surface area is 102 Å². The number of nitrogens with one attached hydrogen (secondary N) is 1. The van der Waals surface area contributed by atoms with Crippen molar-refractivity contribution in [2.75, 3.05) is 26.7 Å². The Hall–Kier alpha value is -0.0800. The van der Waals surface area contributed by atoms with E-state index in [-0.39, 0.29) is 0 Å². The highest BCUT2D eigenvalue weighted by Gasteiger charge is 2.18. The van der Waals surface area contributed by atoms with E-state index in [0.717, 1.165) is 18.5 Å². The van der Waals surface area contributed by atoms with E-state index in [1.54, 1.807) is 0 Å². The molecule has 0 heterocycles. The first-order valence-electron chi connectivity index (χ1n) is 7.15. The van der Waals surface area contributed by atoms with Crippen molar-refractivity contribution in [2.45, 2.75) is 58.4 Å². The molecule has 2 nitrogen and oxygen atoms in total. The lowest BCUT2D eigenvalue weighted by Crippen LogP contribution is -2.38. The molecule has 96 valence electrons. The summed E-state index contributed by atoms with van der Waals surface area (Å²) in [5, 5.41) is 3.52. The summed E-state index contributed by atoms with van der Waals surface area (Å²) in [6, 6.07) is 0.863. The van der Waals surface area contributed by atoms with E-state index >= 15 is 0 Å². The molecular formula is C14H30N2. The Morgan fingerprint density at radius 2 is 1.94 bits per heavy atom. The van der Waals surface area contributed by atoms with Crippen LogP contribution < -0.4 is 5.32 Å². The van der Waals surface area contributed by atoms with E-state index in [1.807, 2.05) is 0 Å². The van der Waals surface area contributed by atoms with Crippen molar-refractivity contribution in [1.29, 1.82) is 0 Å². The van der Waals surface area contributed by atoms with Gasteiger partial charge in [0.25, 0.3) is 0 Å². The summed E-state index contributed by atoms with van der Waals surface area (Å²) in [6.45, 7) is 8.18. The van der Waals surface area contributed by atoms with Crippen LogP contribution in [0.2, 0.25) is 0 Å². The molecule has 1 saturated carbocycles. The first-order chi connectivity index (χ1) is 7.74. The van der Waals surface area contributed by atoms with Crippen molar-refractivity contribution < 1.29 is 0 Å². The molecule has 1 aliphatic carbocycles. The summed E-state index contributed by atoms with van der Waals surface area (Å²) in [7, 11) is 2.31. The van der Waals surface area contributed by atoms with Crippen molar-refractivity contribution in [3.8, 4) is 0 Å². The van der Waals surface area contributed by atoms with Gasteiger partial charge in [-0.3, -0.25) is 0 Å². The molecule has 0 saturated heterocycles. The molecule has 0 aromatic heterocycles. The molecule has 1 rings (SSSR count). The van der Waals surface area contributed by atoms with Crippen LogP contribution in [0.1, 0.15) is 52.4 Å². The van der Waals surface area contributed by atoms with Crippen LogP contribution in [0.3, 0.4) is 0 Å². The fourth-order valence-corrected chi connectivity index (χ4v) is 2.75. The Bertz CT molecular complexity index is 164. The Kier molecular flexibility index (Phi) is 7.06. The van der Waals surface area contributed by atoms with E-state index in [9.17, 15) is 0 Å². The molecule has 1 atom stereocenters. The molecule has 0 aliphatic heterocycles. The molecule has 1 unspecified atom stereocenters. The van der Waals surface area contributed by atoms with Crippen LogP contribution in [0.15, 0.2) is 0 Å². The van der Waals surface area contributed by atoms with E-state index in [0.29, 0.717) is 0 Å². The molecular weight excluding hydrogens is 196 g/mol. The van der Waals surface area contributed by atoms with Crippen molar-refractivity contribution in [2.24, 2.45) is 5.92 Å². The predicted octanol–water partition coefficient (Wildman–Crippen LogP) is 2.89. The van der Waals surface area contributed by atoms with Gasteiger partial charge in [-0.15, -0.1) is 0 Å². The van der Waals surface area contributed by atoms with E-state index in [2.05, 4.69) is 31.1 Å². The van der Waals surface area contributed by atoms with Gasteiger partial charge in [0.05, 0.1) is 0 Å². The highest BCUT2D eigenvalue weighted by molar-refractivity contribution is 4.75. The Morgan fingerprint density at radius 1 is 1.25 bits per heavy atom. The van der Waals surface area contributed by atoms with E-state index in [4.69, 9.17) is 0 Å². The fraction of sp³-hybridized carbons (Fsp3) is 1.00. The standard InChI is InChI=1S/C14H30N2/c1-4-10-15-11-13(2)12-16(3)14-8-6-5-7-9-14/h13-15H,4-12H2,1-3H3. The van der Waals surface area contributed by atoms with Crippen LogP contribution >= 0.6 is 0 Å². The van der Waals surface area contributed by atoms with Gasteiger partial charge in [-0.25, -0.2) is 0 Å². The lowest BCUT2D eigenvalue weighted by atomic mass is 9.94. The van der Waals surface area contributed by atoms with Crippen molar-refractivity contribution in [3.63, 3.8) is 0 Å². The van der Waals surface area contributed by atoms with Gasteiger partial charge in [0, 0.05) is 12.6 Å². The van der Waals surface area contributed by atoms with Crippen LogP contribution in [0.5, 0.6) is 0 Å². The molecule has 1 fully saturated rings. The molecule has 0 radical (unpaired) electrons. The summed E-state index contributed by atoms with van der Waals surface area (Å²) in [6.07, 6.45) is 8.43. The van der Waals surface area contributed by atoms with Crippen LogP contribution in [0.25, 0.3) is 0 Å². The number of rotatable bonds is 7. The van der Waals surface area contributed by atoms with Crippen LogP contribution in [0, 0.1) is 5.92 Å². The zero-order valence-corrected chi connectivity index (χ0v) is 11.5. The summed E-state index contributed by atoms with van der Waals surface area (Å²) >= 11 is 0. The van der Waals surface area contributed by atoms with E-state index < -0.39 is 0 Å². The average molecular weight is 226 g/mol. The normalized spacial score (nSPS) is 20.2. The molecule has 0 aromatic carbocycles. The summed E-state index contributed by atoms with van der Waals surface area (Å²) in [4.78, 5) is 2.59. The van der Waals surface area contributed by atoms with E-state index in [1.165, 1.54) is 51.6 Å². The summed E-state index contributed by atoms with van der Waals surface area (Å²) < 4.78 is 0. The molecule has 0 amide bonds. The molecule has 0 aromatic rings. The van der Waals surface area contributed by atoms with Gasteiger partial charge in [0.1, 0.15) is 0 Å². The third kappa shape index (κ3) is 5.31. The predicted molar refractivity (Wildman–Crippen MR) is 71.8 cm³/mol. The minimum atomic E-state index is 0.776. The highest BCUT2D eigenvalue weighted by Crippen LogP contribution is 2.21.